The molecule has 0 radical (unpaired) electrons. The van der Waals surface area contributed by atoms with E-state index in [-0.39, 0.29) is 37.4 Å². The number of methoxy groups -OCH3 is 3. The molecule has 282 valence electrons. The number of hydrogen-bond donors (Lipinski definition) is 8. The molecule has 0 aromatic rings. The van der Waals surface area contributed by atoms with Gasteiger partial charge in [-0.05, 0) is 58.8 Å². The van der Waals surface area contributed by atoms with Crippen LogP contribution >= 0.6 is 0 Å². The quantitative estimate of drug-likeness (QED) is 0.204. The smallest absolute Gasteiger partial charge is 0.162 e. The number of aliphatic hydroxyl groups is 8. The molecule has 3 fully saturated rings. The predicted octanol–water partition coefficient (Wildman–Crippen LogP) is 0.959. The maximum Gasteiger partial charge on any atom is 0.162 e. The molecule has 0 saturated carbocycles. The van der Waals surface area contributed by atoms with Gasteiger partial charge in [-0.25, -0.2) is 0 Å². The first-order valence-corrected chi connectivity index (χ1v) is 15.4. The van der Waals surface area contributed by atoms with Crippen LogP contribution in [0.2, 0.25) is 0 Å². The van der Waals surface area contributed by atoms with Crippen molar-refractivity contribution in [2.75, 3.05) is 83.3 Å². The van der Waals surface area contributed by atoms with Crippen molar-refractivity contribution >= 4 is 0 Å². The van der Waals surface area contributed by atoms with Crippen LogP contribution in [0.25, 0.3) is 0 Å². The first-order chi connectivity index (χ1) is 21.7. The average Bonchev–Trinajstić information content (AvgIpc) is 3.12. The lowest BCUT2D eigenvalue weighted by Gasteiger charge is -2.40. The van der Waals surface area contributed by atoms with E-state index in [0.29, 0.717) is 12.5 Å². The Balaban J connectivity index is -0.000000105. The van der Waals surface area contributed by atoms with Gasteiger partial charge in [0.25, 0.3) is 0 Å². The largest absolute Gasteiger partial charge is 0.400 e. The highest BCUT2D eigenvalue weighted by atomic mass is 16.7. The number of rotatable bonds is 5. The molecule has 45 heavy (non-hydrogen) atoms. The summed E-state index contributed by atoms with van der Waals surface area (Å²) in [6.45, 7) is 9.77. The van der Waals surface area contributed by atoms with E-state index in [1.54, 1.807) is 28.3 Å². The summed E-state index contributed by atoms with van der Waals surface area (Å²) < 4.78 is 29.9. The molecule has 3 aliphatic rings. The van der Waals surface area contributed by atoms with Crippen molar-refractivity contribution in [1.82, 2.24) is 0 Å². The Hall–Kier alpha value is -0.560. The van der Waals surface area contributed by atoms with Gasteiger partial charge in [-0.3, -0.25) is 0 Å². The lowest BCUT2D eigenvalue weighted by Crippen LogP contribution is -2.53. The molecule has 0 aromatic carbocycles. The number of hydrogen-bond acceptors (Lipinski definition) is 14. The van der Waals surface area contributed by atoms with E-state index < -0.39 is 18.5 Å². The molecule has 0 aliphatic carbocycles. The first-order valence-electron chi connectivity index (χ1n) is 15.4. The van der Waals surface area contributed by atoms with Crippen molar-refractivity contribution in [3.8, 4) is 0 Å². The number of aliphatic hydroxyl groups excluding tert-OH is 8. The summed E-state index contributed by atoms with van der Waals surface area (Å²) >= 11 is 0. The van der Waals surface area contributed by atoms with Crippen molar-refractivity contribution in [3.05, 3.63) is 0 Å². The van der Waals surface area contributed by atoms with E-state index in [4.69, 9.17) is 54.3 Å². The minimum Gasteiger partial charge on any atom is -0.400 e. The second-order valence-corrected chi connectivity index (χ2v) is 9.56. The Kier molecular flexibility index (Phi) is 60.3. The van der Waals surface area contributed by atoms with E-state index in [1.807, 2.05) is 20.8 Å². The van der Waals surface area contributed by atoms with E-state index in [1.165, 1.54) is 20.0 Å². The zero-order chi connectivity index (χ0) is 36.6. The predicted molar refractivity (Wildman–Crippen MR) is 176 cm³/mol. The lowest BCUT2D eigenvalue weighted by molar-refractivity contribution is -0.269. The zero-order valence-electron chi connectivity index (χ0n) is 30.4. The van der Waals surface area contributed by atoms with Gasteiger partial charge in [0, 0.05) is 76.0 Å². The van der Waals surface area contributed by atoms with Crippen LogP contribution < -0.4 is 0 Å². The average molecular weight is 671 g/mol. The monoisotopic (exact) mass is 671 g/mol. The van der Waals surface area contributed by atoms with Crippen LogP contribution in [0.1, 0.15) is 72.6 Å². The molecule has 0 bridgehead atoms. The van der Waals surface area contributed by atoms with Gasteiger partial charge in [-0.1, -0.05) is 13.8 Å². The Morgan fingerprint density at radius 2 is 1.04 bits per heavy atom. The van der Waals surface area contributed by atoms with Crippen LogP contribution in [0.15, 0.2) is 0 Å². The van der Waals surface area contributed by atoms with Gasteiger partial charge in [0.15, 0.2) is 6.29 Å². The normalized spacial score (nSPS) is 26.2. The Labute approximate surface area is 274 Å². The van der Waals surface area contributed by atoms with E-state index in [2.05, 4.69) is 4.74 Å². The Morgan fingerprint density at radius 1 is 0.689 bits per heavy atom. The third-order valence-electron chi connectivity index (χ3n) is 6.07. The third kappa shape index (κ3) is 36.1. The second kappa shape index (κ2) is 47.8. The maximum absolute atomic E-state index is 9.64. The molecule has 3 heterocycles. The fourth-order valence-corrected chi connectivity index (χ4v) is 3.58. The van der Waals surface area contributed by atoms with Gasteiger partial charge in [0.1, 0.15) is 6.10 Å². The highest BCUT2D eigenvalue weighted by molar-refractivity contribution is 4.86. The topological polar surface area (TPSA) is 217 Å². The summed E-state index contributed by atoms with van der Waals surface area (Å²) in [7, 11) is 10.5. The second-order valence-electron chi connectivity index (χ2n) is 9.56. The Morgan fingerprint density at radius 3 is 1.24 bits per heavy atom. The molecule has 6 unspecified atom stereocenters. The van der Waals surface area contributed by atoms with Gasteiger partial charge < -0.3 is 69.3 Å². The SMILES string of the molecule is CCC1OC(OC)C(C)C(O)C1O.CO.CO.CO.CO.COC.COC(C)C.OCC1CCCCO1.OC[C@@H]1CCCCO1. The molecule has 3 saturated heterocycles. The van der Waals surface area contributed by atoms with E-state index >= 15 is 0 Å². The molecular weight excluding hydrogens is 596 g/mol. The molecule has 3 aliphatic heterocycles. The maximum atomic E-state index is 9.64. The van der Waals surface area contributed by atoms with Crippen LogP contribution in [0.4, 0.5) is 0 Å². The van der Waals surface area contributed by atoms with Crippen molar-refractivity contribution in [1.29, 1.82) is 0 Å². The van der Waals surface area contributed by atoms with Gasteiger partial charge in [0.2, 0.25) is 0 Å². The van der Waals surface area contributed by atoms with E-state index in [0.717, 1.165) is 67.3 Å². The standard InChI is InChI=1S/C9H18O4.2C6H12O2.C4H10O.C2H6O.4CH4O/c1-4-6-8(11)7(10)5(2)9(12-3)13-6;2*7-5-6-3-1-2-4-8-6;1-4(2)5-3;1-3-2;4*1-2/h5-11H,4H2,1-3H3;2*6-7H,1-5H2;4H,1-3H3;1-2H3;4*2H,1H3/t;6-;;;;;;;/m.0......./s1. The van der Waals surface area contributed by atoms with Crippen molar-refractivity contribution < 1.29 is 69.3 Å². The highest BCUT2D eigenvalue weighted by Crippen LogP contribution is 2.27. The third-order valence-corrected chi connectivity index (χ3v) is 6.07. The summed E-state index contributed by atoms with van der Waals surface area (Å²) in [6.07, 6.45) is 5.87. The van der Waals surface area contributed by atoms with Crippen molar-refractivity contribution in [2.24, 2.45) is 5.92 Å². The van der Waals surface area contributed by atoms with Crippen LogP contribution in [-0.4, -0.2) is 167 Å². The van der Waals surface area contributed by atoms with Gasteiger partial charge in [-0.2, -0.15) is 0 Å². The summed E-state index contributed by atoms with van der Waals surface area (Å²) in [5.41, 5.74) is 0. The molecule has 14 heteroatoms. The molecule has 14 nitrogen and oxygen atoms in total. The molecular formula is C31H74O14. The van der Waals surface area contributed by atoms with Crippen molar-refractivity contribution in [2.45, 2.75) is 116 Å². The first kappa shape index (κ1) is 56.8. The fourth-order valence-electron chi connectivity index (χ4n) is 3.58. The number of ether oxygens (including phenoxy) is 6. The Bertz CT molecular complexity index is 428. The van der Waals surface area contributed by atoms with Gasteiger partial charge in [0.05, 0.1) is 43.7 Å². The lowest BCUT2D eigenvalue weighted by atomic mass is 9.91. The minimum absolute atomic E-state index is 0.142. The molecule has 3 rings (SSSR count). The summed E-state index contributed by atoms with van der Waals surface area (Å²) in [5.74, 6) is -0.192. The van der Waals surface area contributed by atoms with Gasteiger partial charge in [-0.15, -0.1) is 0 Å². The molecule has 0 spiro atoms. The summed E-state index contributed by atoms with van der Waals surface area (Å²) in [4.78, 5) is 0. The van der Waals surface area contributed by atoms with Crippen LogP contribution in [0.3, 0.4) is 0 Å². The molecule has 0 amide bonds. The van der Waals surface area contributed by atoms with Gasteiger partial charge >= 0.3 is 0 Å². The van der Waals surface area contributed by atoms with E-state index in [9.17, 15) is 10.2 Å². The molecule has 8 N–H and O–H groups in total. The fraction of sp³-hybridized carbons (Fsp3) is 1.00. The molecule has 0 aromatic heterocycles. The minimum atomic E-state index is -0.800. The van der Waals surface area contributed by atoms with Crippen LogP contribution in [0, 0.1) is 5.92 Å². The summed E-state index contributed by atoms with van der Waals surface area (Å²) in [5, 5.41) is 64.4. The zero-order valence-corrected chi connectivity index (χ0v) is 30.4. The van der Waals surface area contributed by atoms with Crippen molar-refractivity contribution in [3.63, 3.8) is 0 Å². The van der Waals surface area contributed by atoms with Crippen LogP contribution in [0.5, 0.6) is 0 Å². The molecule has 7 atom stereocenters. The summed E-state index contributed by atoms with van der Waals surface area (Å²) in [6, 6.07) is 0. The highest BCUT2D eigenvalue weighted by Gasteiger charge is 2.41. The van der Waals surface area contributed by atoms with Crippen LogP contribution in [-0.2, 0) is 28.4 Å².